The highest BCUT2D eigenvalue weighted by molar-refractivity contribution is 5.94. The largest absolute Gasteiger partial charge is 0.478 e. The number of aliphatic hydroxyl groups is 1. The van der Waals surface area contributed by atoms with E-state index in [-0.39, 0.29) is 0 Å². The molecule has 1 amide bonds. The maximum absolute atomic E-state index is 12.7. The second-order valence-corrected chi connectivity index (χ2v) is 3.97. The number of benzene rings is 1. The fourth-order valence-electron chi connectivity index (χ4n) is 1.45. The van der Waals surface area contributed by atoms with Crippen LogP contribution in [0, 0.1) is 5.82 Å². The molecule has 0 saturated carbocycles. The summed E-state index contributed by atoms with van der Waals surface area (Å²) in [6, 6.07) is 4.59. The Labute approximate surface area is 109 Å². The van der Waals surface area contributed by atoms with Gasteiger partial charge < -0.3 is 15.5 Å². The van der Waals surface area contributed by atoms with Gasteiger partial charge in [-0.05, 0) is 24.6 Å². The molecule has 5 nitrogen and oxygen atoms in total. The van der Waals surface area contributed by atoms with E-state index in [1.54, 1.807) is 6.92 Å². The van der Waals surface area contributed by atoms with Crippen molar-refractivity contribution in [3.8, 4) is 0 Å². The number of nitrogens with one attached hydrogen (secondary N) is 1. The Morgan fingerprint density at radius 1 is 1.26 bits per heavy atom. The molecule has 0 radical (unpaired) electrons. The number of hydrogen-bond acceptors (Lipinski definition) is 3. The highest BCUT2D eigenvalue weighted by Gasteiger charge is 2.17. The van der Waals surface area contributed by atoms with Gasteiger partial charge in [-0.2, -0.15) is 0 Å². The van der Waals surface area contributed by atoms with Gasteiger partial charge in [0.25, 0.3) is 0 Å². The molecule has 0 bridgehead atoms. The molecule has 1 aromatic rings. The molecule has 2 unspecified atom stereocenters. The van der Waals surface area contributed by atoms with Gasteiger partial charge in [0.15, 0.2) is 0 Å². The summed E-state index contributed by atoms with van der Waals surface area (Å²) in [5.74, 6) is -2.28. The van der Waals surface area contributed by atoms with E-state index < -0.39 is 29.8 Å². The number of carboxylic acid groups (broad SMARTS) is 1. The number of carbonyl (C=O) groups excluding carboxylic acids is 1. The number of carbonyl (C=O) groups is 2. The van der Waals surface area contributed by atoms with Gasteiger partial charge >= 0.3 is 5.97 Å². The molecule has 3 N–H and O–H groups in total. The lowest BCUT2D eigenvalue weighted by atomic mass is 10.0. The number of aliphatic hydroxyl groups excluding tert-OH is 1. The monoisotopic (exact) mass is 267 g/mol. The summed E-state index contributed by atoms with van der Waals surface area (Å²) in [5.41, 5.74) is 0.455. The van der Waals surface area contributed by atoms with Gasteiger partial charge in [-0.15, -0.1) is 0 Å². The van der Waals surface area contributed by atoms with Crippen molar-refractivity contribution in [2.75, 3.05) is 0 Å². The molecule has 0 heterocycles. The van der Waals surface area contributed by atoms with E-state index in [9.17, 15) is 19.1 Å². The van der Waals surface area contributed by atoms with E-state index in [0.29, 0.717) is 11.6 Å². The Kier molecular flexibility index (Phi) is 5.20. The van der Waals surface area contributed by atoms with Crippen LogP contribution >= 0.6 is 0 Å². The Hall–Kier alpha value is -2.21. The second kappa shape index (κ2) is 6.65. The molecule has 0 fully saturated rings. The summed E-state index contributed by atoms with van der Waals surface area (Å²) in [6.45, 7) is 1.56. The first-order chi connectivity index (χ1) is 8.90. The normalized spacial score (nSPS) is 14.1. The highest BCUT2D eigenvalue weighted by atomic mass is 19.1. The molecule has 0 aliphatic heterocycles. The molecule has 0 spiro atoms. The van der Waals surface area contributed by atoms with Crippen molar-refractivity contribution < 1.29 is 24.2 Å². The number of rotatable bonds is 5. The molecule has 102 valence electrons. The summed E-state index contributed by atoms with van der Waals surface area (Å²) < 4.78 is 12.7. The lowest BCUT2D eigenvalue weighted by Gasteiger charge is -2.19. The predicted molar refractivity (Wildman–Crippen MR) is 65.7 cm³/mol. The van der Waals surface area contributed by atoms with Gasteiger partial charge in [0.05, 0.1) is 12.1 Å². The topological polar surface area (TPSA) is 86.6 Å². The number of carboxylic acids is 1. The maximum atomic E-state index is 12.7. The van der Waals surface area contributed by atoms with Crippen LogP contribution in [0.3, 0.4) is 0 Å². The summed E-state index contributed by atoms with van der Waals surface area (Å²) in [6.07, 6.45) is 0.547. The van der Waals surface area contributed by atoms with E-state index in [4.69, 9.17) is 5.11 Å². The number of aliphatic carboxylic acids is 1. The third-order valence-electron chi connectivity index (χ3n) is 2.43. The van der Waals surface area contributed by atoms with Crippen LogP contribution in [0.25, 0.3) is 0 Å². The van der Waals surface area contributed by atoms with Gasteiger partial charge in [0.1, 0.15) is 5.82 Å². The van der Waals surface area contributed by atoms with Crippen molar-refractivity contribution in [2.45, 2.75) is 19.1 Å². The Morgan fingerprint density at radius 3 is 2.37 bits per heavy atom. The van der Waals surface area contributed by atoms with Crippen LogP contribution in [0.2, 0.25) is 0 Å². The van der Waals surface area contributed by atoms with Crippen LogP contribution in [-0.2, 0) is 9.59 Å². The van der Waals surface area contributed by atoms with Gasteiger partial charge in [-0.3, -0.25) is 4.79 Å². The first-order valence-corrected chi connectivity index (χ1v) is 5.55. The van der Waals surface area contributed by atoms with Crippen molar-refractivity contribution in [1.29, 1.82) is 0 Å². The Balaban J connectivity index is 2.62. The lowest BCUT2D eigenvalue weighted by molar-refractivity contribution is -0.131. The quantitative estimate of drug-likeness (QED) is 0.695. The molecule has 19 heavy (non-hydrogen) atoms. The standard InChI is InChI=1S/C13H14FNO4/c1-8(15-11(16)6-7-12(17)18)13(19)9-2-4-10(14)5-3-9/h2-8,13,19H,1H3,(H,15,16)(H,17,18)/b7-6-. The van der Waals surface area contributed by atoms with Gasteiger partial charge in [0, 0.05) is 12.2 Å². The van der Waals surface area contributed by atoms with Crippen molar-refractivity contribution in [3.63, 3.8) is 0 Å². The predicted octanol–water partition coefficient (Wildman–Crippen LogP) is 1.00. The summed E-state index contributed by atoms with van der Waals surface area (Å²) in [5, 5.41) is 20.7. The third-order valence-corrected chi connectivity index (χ3v) is 2.43. The van der Waals surface area contributed by atoms with Gasteiger partial charge in [-0.1, -0.05) is 12.1 Å². The number of halogens is 1. The fourth-order valence-corrected chi connectivity index (χ4v) is 1.45. The van der Waals surface area contributed by atoms with Gasteiger partial charge in [-0.25, -0.2) is 9.18 Å². The summed E-state index contributed by atoms with van der Waals surface area (Å²) in [4.78, 5) is 21.5. The van der Waals surface area contributed by atoms with Crippen molar-refractivity contribution in [2.24, 2.45) is 0 Å². The maximum Gasteiger partial charge on any atom is 0.328 e. The van der Waals surface area contributed by atoms with E-state index in [1.807, 2.05) is 0 Å². The minimum atomic E-state index is -1.23. The van der Waals surface area contributed by atoms with Crippen LogP contribution in [-0.4, -0.2) is 28.1 Å². The van der Waals surface area contributed by atoms with Crippen molar-refractivity contribution in [3.05, 3.63) is 47.8 Å². The Morgan fingerprint density at radius 2 is 1.84 bits per heavy atom. The molecular formula is C13H14FNO4. The van der Waals surface area contributed by atoms with Gasteiger partial charge in [0.2, 0.25) is 5.91 Å². The van der Waals surface area contributed by atoms with Crippen LogP contribution in [0.4, 0.5) is 4.39 Å². The second-order valence-electron chi connectivity index (χ2n) is 3.97. The highest BCUT2D eigenvalue weighted by Crippen LogP contribution is 2.16. The number of hydrogen-bond donors (Lipinski definition) is 3. The molecule has 2 atom stereocenters. The molecule has 6 heteroatoms. The first-order valence-electron chi connectivity index (χ1n) is 5.55. The lowest BCUT2D eigenvalue weighted by Crippen LogP contribution is -2.36. The van der Waals surface area contributed by atoms with Crippen LogP contribution < -0.4 is 5.32 Å². The van der Waals surface area contributed by atoms with Crippen molar-refractivity contribution in [1.82, 2.24) is 5.32 Å². The van der Waals surface area contributed by atoms with E-state index >= 15 is 0 Å². The zero-order chi connectivity index (χ0) is 14.4. The summed E-state index contributed by atoms with van der Waals surface area (Å²) >= 11 is 0. The third kappa shape index (κ3) is 4.89. The zero-order valence-corrected chi connectivity index (χ0v) is 10.2. The summed E-state index contributed by atoms with van der Waals surface area (Å²) in [7, 11) is 0. The minimum absolute atomic E-state index is 0.419. The molecule has 0 aromatic heterocycles. The van der Waals surface area contributed by atoms with E-state index in [2.05, 4.69) is 5.32 Å². The first kappa shape index (κ1) is 14.8. The minimum Gasteiger partial charge on any atom is -0.478 e. The van der Waals surface area contributed by atoms with Crippen LogP contribution in [0.15, 0.2) is 36.4 Å². The molecule has 0 saturated heterocycles. The fraction of sp³-hybridized carbons (Fsp3) is 0.231. The van der Waals surface area contributed by atoms with Crippen LogP contribution in [0.5, 0.6) is 0 Å². The van der Waals surface area contributed by atoms with Crippen LogP contribution in [0.1, 0.15) is 18.6 Å². The number of amides is 1. The zero-order valence-electron chi connectivity index (χ0n) is 10.2. The van der Waals surface area contributed by atoms with E-state index in [0.717, 1.165) is 6.08 Å². The molecule has 0 aliphatic rings. The Bertz CT molecular complexity index is 484. The molecular weight excluding hydrogens is 253 g/mol. The SMILES string of the molecule is CC(NC(=O)/C=C\C(=O)O)C(O)c1ccc(F)cc1. The van der Waals surface area contributed by atoms with Crippen molar-refractivity contribution >= 4 is 11.9 Å². The molecule has 1 aromatic carbocycles. The average molecular weight is 267 g/mol. The smallest absolute Gasteiger partial charge is 0.328 e. The molecule has 1 rings (SSSR count). The van der Waals surface area contributed by atoms with E-state index in [1.165, 1.54) is 24.3 Å². The average Bonchev–Trinajstić information content (AvgIpc) is 2.36. The molecule has 0 aliphatic carbocycles.